The van der Waals surface area contributed by atoms with Crippen LogP contribution in [-0.4, -0.2) is 25.7 Å². The van der Waals surface area contributed by atoms with Gasteiger partial charge in [-0.25, -0.2) is 0 Å². The van der Waals surface area contributed by atoms with Gasteiger partial charge in [-0.05, 0) is 12.3 Å². The molecular weight excluding hydrogens is 154 g/mol. The normalized spacial score (nSPS) is 41.8. The van der Waals surface area contributed by atoms with Gasteiger partial charge in [0.15, 0.2) is 0 Å². The fraction of sp³-hybridized carbons (Fsp3) is 0.889. The van der Waals surface area contributed by atoms with Gasteiger partial charge in [0.2, 0.25) is 5.91 Å². The SMILES string of the molecule is CC1COCCC12CNC(=O)C2. The highest BCUT2D eigenvalue weighted by Gasteiger charge is 2.44. The first-order valence-electron chi connectivity index (χ1n) is 4.57. The highest BCUT2D eigenvalue weighted by Crippen LogP contribution is 2.40. The summed E-state index contributed by atoms with van der Waals surface area (Å²) in [5.74, 6) is 0.731. The predicted octanol–water partition coefficient (Wildman–Crippen LogP) is 0.549. The van der Waals surface area contributed by atoms with Gasteiger partial charge in [0, 0.05) is 31.6 Å². The molecule has 0 saturated carbocycles. The number of nitrogens with one attached hydrogen (secondary N) is 1. The Kier molecular flexibility index (Phi) is 1.83. The van der Waals surface area contributed by atoms with E-state index in [1.54, 1.807) is 0 Å². The van der Waals surface area contributed by atoms with Crippen LogP contribution in [0.1, 0.15) is 19.8 Å². The van der Waals surface area contributed by atoms with Crippen molar-refractivity contribution < 1.29 is 9.53 Å². The Labute approximate surface area is 72.5 Å². The van der Waals surface area contributed by atoms with Crippen molar-refractivity contribution in [2.75, 3.05) is 19.8 Å². The number of rotatable bonds is 0. The molecule has 2 unspecified atom stereocenters. The Hall–Kier alpha value is -0.570. The number of hydrogen-bond acceptors (Lipinski definition) is 2. The molecule has 2 heterocycles. The summed E-state index contributed by atoms with van der Waals surface area (Å²) in [4.78, 5) is 11.1. The van der Waals surface area contributed by atoms with Crippen molar-refractivity contribution in [3.8, 4) is 0 Å². The highest BCUT2D eigenvalue weighted by atomic mass is 16.5. The molecule has 0 bridgehead atoms. The van der Waals surface area contributed by atoms with Crippen LogP contribution in [0.15, 0.2) is 0 Å². The van der Waals surface area contributed by atoms with Gasteiger partial charge in [-0.1, -0.05) is 6.92 Å². The van der Waals surface area contributed by atoms with Crippen LogP contribution in [0.5, 0.6) is 0 Å². The largest absolute Gasteiger partial charge is 0.381 e. The molecule has 0 aliphatic carbocycles. The van der Waals surface area contributed by atoms with Crippen molar-refractivity contribution in [2.45, 2.75) is 19.8 Å². The molecule has 0 aromatic carbocycles. The maximum absolute atomic E-state index is 11.1. The summed E-state index contributed by atoms with van der Waals surface area (Å²) in [5, 5.41) is 2.92. The minimum absolute atomic E-state index is 0.212. The van der Waals surface area contributed by atoms with E-state index in [0.717, 1.165) is 26.2 Å². The van der Waals surface area contributed by atoms with Crippen LogP contribution in [0.3, 0.4) is 0 Å². The molecule has 68 valence electrons. The third kappa shape index (κ3) is 1.12. The number of carbonyl (C=O) groups excluding carboxylic acids is 1. The number of carbonyl (C=O) groups is 1. The zero-order chi connectivity index (χ0) is 8.60. The molecule has 1 amide bonds. The first kappa shape index (κ1) is 8.05. The Balaban J connectivity index is 2.12. The van der Waals surface area contributed by atoms with Crippen molar-refractivity contribution in [1.82, 2.24) is 5.32 Å². The molecule has 2 aliphatic heterocycles. The molecule has 12 heavy (non-hydrogen) atoms. The lowest BCUT2D eigenvalue weighted by molar-refractivity contribution is -0.120. The van der Waals surface area contributed by atoms with Crippen LogP contribution in [0.25, 0.3) is 0 Å². The van der Waals surface area contributed by atoms with Crippen molar-refractivity contribution >= 4 is 5.91 Å². The van der Waals surface area contributed by atoms with Gasteiger partial charge in [0.1, 0.15) is 0 Å². The van der Waals surface area contributed by atoms with E-state index in [-0.39, 0.29) is 11.3 Å². The van der Waals surface area contributed by atoms with E-state index in [0.29, 0.717) is 12.3 Å². The molecule has 1 spiro atoms. The molecule has 3 nitrogen and oxygen atoms in total. The van der Waals surface area contributed by atoms with E-state index in [1.165, 1.54) is 0 Å². The molecular formula is C9H15NO2. The van der Waals surface area contributed by atoms with E-state index >= 15 is 0 Å². The summed E-state index contributed by atoms with van der Waals surface area (Å²) in [7, 11) is 0. The summed E-state index contributed by atoms with van der Waals surface area (Å²) in [6.07, 6.45) is 1.74. The van der Waals surface area contributed by atoms with E-state index in [9.17, 15) is 4.79 Å². The summed E-state index contributed by atoms with van der Waals surface area (Å²) < 4.78 is 5.36. The molecule has 0 radical (unpaired) electrons. The maximum atomic E-state index is 11.1. The standard InChI is InChI=1S/C9H15NO2/c1-7-5-12-3-2-9(7)4-8(11)10-6-9/h7H,2-6H2,1H3,(H,10,11). The first-order chi connectivity index (χ1) is 5.73. The van der Waals surface area contributed by atoms with E-state index in [4.69, 9.17) is 4.74 Å². The minimum atomic E-state index is 0.212. The molecule has 2 fully saturated rings. The van der Waals surface area contributed by atoms with Crippen molar-refractivity contribution in [1.29, 1.82) is 0 Å². The third-order valence-electron chi connectivity index (χ3n) is 3.31. The lowest BCUT2D eigenvalue weighted by Crippen LogP contribution is -2.39. The van der Waals surface area contributed by atoms with Gasteiger partial charge in [-0.3, -0.25) is 4.79 Å². The molecule has 0 aromatic rings. The zero-order valence-corrected chi connectivity index (χ0v) is 7.43. The zero-order valence-electron chi connectivity index (χ0n) is 7.43. The Bertz CT molecular complexity index is 205. The molecule has 2 atom stereocenters. The second-order valence-electron chi connectivity index (χ2n) is 4.04. The van der Waals surface area contributed by atoms with Gasteiger partial charge < -0.3 is 10.1 Å². The summed E-state index contributed by atoms with van der Waals surface area (Å²) in [5.41, 5.74) is 0.218. The Morgan fingerprint density at radius 1 is 1.67 bits per heavy atom. The average molecular weight is 169 g/mol. The molecule has 2 aliphatic rings. The fourth-order valence-electron chi connectivity index (χ4n) is 2.20. The van der Waals surface area contributed by atoms with Gasteiger partial charge >= 0.3 is 0 Å². The van der Waals surface area contributed by atoms with Gasteiger partial charge in [-0.2, -0.15) is 0 Å². The van der Waals surface area contributed by atoms with Crippen LogP contribution in [-0.2, 0) is 9.53 Å². The van der Waals surface area contributed by atoms with Crippen molar-refractivity contribution in [3.63, 3.8) is 0 Å². The predicted molar refractivity (Wildman–Crippen MR) is 44.7 cm³/mol. The fourth-order valence-corrected chi connectivity index (χ4v) is 2.20. The molecule has 2 rings (SSSR count). The van der Waals surface area contributed by atoms with Crippen LogP contribution in [0.2, 0.25) is 0 Å². The van der Waals surface area contributed by atoms with Gasteiger partial charge in [0.05, 0.1) is 0 Å². The number of hydrogen-bond donors (Lipinski definition) is 1. The maximum Gasteiger partial charge on any atom is 0.220 e. The summed E-state index contributed by atoms with van der Waals surface area (Å²) in [6.45, 7) is 4.67. The molecule has 0 aromatic heterocycles. The average Bonchev–Trinajstić information content (AvgIpc) is 2.41. The topological polar surface area (TPSA) is 38.3 Å². The Morgan fingerprint density at radius 3 is 3.08 bits per heavy atom. The lowest BCUT2D eigenvalue weighted by atomic mass is 9.72. The smallest absolute Gasteiger partial charge is 0.220 e. The van der Waals surface area contributed by atoms with Crippen molar-refractivity contribution in [3.05, 3.63) is 0 Å². The molecule has 2 saturated heterocycles. The quantitative estimate of drug-likeness (QED) is 0.575. The summed E-state index contributed by atoms with van der Waals surface area (Å²) >= 11 is 0. The highest BCUT2D eigenvalue weighted by molar-refractivity contribution is 5.79. The van der Waals surface area contributed by atoms with Crippen LogP contribution >= 0.6 is 0 Å². The lowest BCUT2D eigenvalue weighted by Gasteiger charge is -2.37. The van der Waals surface area contributed by atoms with Crippen LogP contribution in [0, 0.1) is 11.3 Å². The van der Waals surface area contributed by atoms with Gasteiger partial charge in [-0.15, -0.1) is 0 Å². The van der Waals surface area contributed by atoms with E-state index in [2.05, 4.69) is 12.2 Å². The van der Waals surface area contributed by atoms with E-state index < -0.39 is 0 Å². The monoisotopic (exact) mass is 169 g/mol. The minimum Gasteiger partial charge on any atom is -0.381 e. The first-order valence-corrected chi connectivity index (χ1v) is 4.57. The number of amides is 1. The van der Waals surface area contributed by atoms with Crippen LogP contribution < -0.4 is 5.32 Å². The Morgan fingerprint density at radius 2 is 2.50 bits per heavy atom. The third-order valence-corrected chi connectivity index (χ3v) is 3.31. The van der Waals surface area contributed by atoms with E-state index in [1.807, 2.05) is 0 Å². The molecule has 1 N–H and O–H groups in total. The molecule has 3 heteroatoms. The van der Waals surface area contributed by atoms with Gasteiger partial charge in [0.25, 0.3) is 0 Å². The number of ether oxygens (including phenoxy) is 1. The summed E-state index contributed by atoms with van der Waals surface area (Å²) in [6, 6.07) is 0. The van der Waals surface area contributed by atoms with Crippen molar-refractivity contribution in [2.24, 2.45) is 11.3 Å². The second-order valence-corrected chi connectivity index (χ2v) is 4.04. The van der Waals surface area contributed by atoms with Crippen LogP contribution in [0.4, 0.5) is 0 Å². The second kappa shape index (κ2) is 2.73.